The third-order valence-electron chi connectivity index (χ3n) is 21.3. The summed E-state index contributed by atoms with van der Waals surface area (Å²) in [5.74, 6) is 12.2. The maximum Gasteiger partial charge on any atom is 0.404 e. The first-order chi connectivity index (χ1) is 61.6. The van der Waals surface area contributed by atoms with Crippen molar-refractivity contribution < 1.29 is 76.4 Å². The Bertz CT molecular complexity index is 4830. The van der Waals surface area contributed by atoms with E-state index in [0.717, 1.165) is 16.7 Å². The largest absolute Gasteiger partial charge is 0.458 e. The monoisotopic (exact) mass is 1810 g/mol. The van der Waals surface area contributed by atoms with Crippen LogP contribution in [0.3, 0.4) is 0 Å². The van der Waals surface area contributed by atoms with E-state index >= 15 is 0 Å². The fourth-order valence-electron chi connectivity index (χ4n) is 13.8. The molecule has 24 heteroatoms. The third kappa shape index (κ3) is 42.5. The summed E-state index contributed by atoms with van der Waals surface area (Å²) >= 11 is 0. The van der Waals surface area contributed by atoms with Gasteiger partial charge in [0.25, 0.3) is 26.0 Å². The van der Waals surface area contributed by atoms with E-state index in [1.165, 1.54) is 22.8 Å². The average molecular weight is 1810 g/mol. The fraction of sp³-hybridized carbons (Fsp3) is 0.458. The number of allylic oxidation sites excluding steroid dienone is 12. The minimum Gasteiger partial charge on any atom is -0.458 e. The number of carbonyl (C=O) groups excluding carboxylic acids is 10. The van der Waals surface area contributed by atoms with Crippen LogP contribution in [-0.4, -0.2) is 128 Å². The van der Waals surface area contributed by atoms with Crippen molar-refractivity contribution in [1.82, 2.24) is 31.9 Å². The van der Waals surface area contributed by atoms with Gasteiger partial charge in [-0.3, -0.25) is 28.8 Å². The summed E-state index contributed by atoms with van der Waals surface area (Å²) in [6.07, 6.45) is 45.8. The Hall–Kier alpha value is -12.1. The number of rotatable bonds is 35. The van der Waals surface area contributed by atoms with E-state index in [1.807, 2.05) is 216 Å². The molecule has 0 saturated carbocycles. The molecular weight excluding hydrogens is 1670 g/mol. The average Bonchev–Trinajstić information content (AvgIpc) is 0.741. The number of carbonyl (C=O) groups is 10. The number of ether oxygens (including phenoxy) is 4. The van der Waals surface area contributed by atoms with Crippen molar-refractivity contribution in [2.45, 2.75) is 284 Å². The molecule has 23 nitrogen and oxygen atoms in total. The zero-order valence-corrected chi connectivity index (χ0v) is 82.6. The predicted octanol–water partition coefficient (Wildman–Crippen LogP) is 16.5. The van der Waals surface area contributed by atoms with Crippen LogP contribution >= 0.6 is 0 Å². The van der Waals surface area contributed by atoms with Crippen molar-refractivity contribution in [2.24, 2.45) is 39.7 Å². The first-order valence-corrected chi connectivity index (χ1v) is 46.8. The van der Waals surface area contributed by atoms with Crippen LogP contribution < -0.4 is 48.0 Å². The number of aliphatic hydroxyl groups is 1. The first-order valence-electron chi connectivity index (χ1n) is 44.8. The van der Waals surface area contributed by atoms with E-state index in [1.54, 1.807) is 69.5 Å². The molecule has 3 aliphatic heterocycles. The molecule has 0 unspecified atom stereocenters. The zero-order chi connectivity index (χ0) is 98.2. The van der Waals surface area contributed by atoms with Crippen LogP contribution in [0.5, 0.6) is 0 Å². The Morgan fingerprint density at radius 2 is 0.740 bits per heavy atom. The van der Waals surface area contributed by atoms with Crippen LogP contribution in [-0.2, 0) is 66.5 Å². The molecule has 0 saturated heterocycles. The molecule has 0 radical (unpaired) electrons. The van der Waals surface area contributed by atoms with E-state index in [-0.39, 0.29) is 76.9 Å². The lowest BCUT2D eigenvalue weighted by molar-refractivity contribution is -0.148. The number of aliphatic hydroxyl groups excluding tert-OH is 1. The molecule has 5 rings (SSSR count). The molecule has 0 fully saturated rings. The quantitative estimate of drug-likeness (QED) is 0.00794. The predicted molar refractivity (Wildman–Crippen MR) is 525 cm³/mol. The standard InChI is InChI=1S/C46H60N2O5Si.C31H43N3O6.C30H42N2O5/c1-11-12-23-37(53-54(46(8,9)10,38-25-15-13-16-26-38)39-27-17-14-18-28-39)24-21-32-47-43(50)42(45(5,6)7)48-41(49)29-20-19-22-34(2)33-36(4)40-31-30-35(3)44(51)52-40;1-8-9-14-24(39-30(32)38)15-12-19-33-28(36)27(31(5,6)7)34-26(35)16-11-10-13-21(2)20-23(4)25-18-17-22(3)29(37)40-25;1-8-9-14-24(33)15-12-19-31-28(35)27(30(5,6)7)32-26(34)16-11-10-13-21(2)20-23(4)25-18-17-22(3)29(36)37-25/h11-19,21-22,25-28,30,32-33,36-37,40,42H,23-24,31H2,1-10H3,(H,47,50)(H,48,49);8-10,12-13,17,19-20,23-25,27H,14-15,18H2,1-7H3,(H2,32,38)(H,33,36)(H,34,35);8-10,12-13,17,19-20,23-25,27,33H,14-15,18H2,1-7H3,(H,31,35)(H,32,34)/b12-11-,22-19-,32-21-,34-33+;2*9-8-,13-10-,19-12-,21-20+/t36-,37-,40-,42+;2*23-,24-,25-,27+/m000/s1. The summed E-state index contributed by atoms with van der Waals surface area (Å²) in [4.78, 5) is 123. The molecule has 3 aliphatic rings. The van der Waals surface area contributed by atoms with Crippen molar-refractivity contribution in [3.8, 4) is 35.5 Å². The number of hydrogen-bond donors (Lipinski definition) is 8. The molecule has 0 aliphatic carbocycles. The lowest BCUT2D eigenvalue weighted by atomic mass is 9.86. The Balaban J connectivity index is 0.000000519. The third-order valence-corrected chi connectivity index (χ3v) is 26.4. The smallest absolute Gasteiger partial charge is 0.404 e. The lowest BCUT2D eigenvalue weighted by Crippen LogP contribution is -2.67. The van der Waals surface area contributed by atoms with Gasteiger partial charge in [0.15, 0.2) is 0 Å². The van der Waals surface area contributed by atoms with Crippen LogP contribution in [0, 0.1) is 69.5 Å². The first kappa shape index (κ1) is 113. The maximum absolute atomic E-state index is 13.4. The molecule has 12 atom stereocenters. The number of benzene rings is 2. The Morgan fingerprint density at radius 3 is 1.03 bits per heavy atom. The number of primary amides is 1. The van der Waals surface area contributed by atoms with Crippen molar-refractivity contribution in [1.29, 1.82) is 0 Å². The van der Waals surface area contributed by atoms with Gasteiger partial charge in [0, 0.05) is 66.6 Å². The van der Waals surface area contributed by atoms with Gasteiger partial charge in [0.05, 0.1) is 12.2 Å². The van der Waals surface area contributed by atoms with E-state index in [4.69, 9.17) is 29.1 Å². The van der Waals surface area contributed by atoms with Crippen LogP contribution in [0.2, 0.25) is 5.04 Å². The van der Waals surface area contributed by atoms with E-state index in [9.17, 15) is 53.1 Å². The van der Waals surface area contributed by atoms with Gasteiger partial charge in [-0.1, -0.05) is 308 Å². The second kappa shape index (κ2) is 57.1. The van der Waals surface area contributed by atoms with E-state index < -0.39 is 84.6 Å². The highest BCUT2D eigenvalue weighted by Crippen LogP contribution is 2.39. The minimum atomic E-state index is -2.79. The topological polar surface area (TPSA) is 335 Å². The molecule has 708 valence electrons. The summed E-state index contributed by atoms with van der Waals surface area (Å²) in [5, 5.41) is 28.5. The second-order valence-corrected chi connectivity index (χ2v) is 41.4. The summed E-state index contributed by atoms with van der Waals surface area (Å²) in [7, 11) is -2.79. The van der Waals surface area contributed by atoms with Gasteiger partial charge in [-0.15, -0.1) is 0 Å². The van der Waals surface area contributed by atoms with Gasteiger partial charge in [0.2, 0.25) is 17.7 Å². The van der Waals surface area contributed by atoms with Crippen molar-refractivity contribution in [3.05, 3.63) is 240 Å². The summed E-state index contributed by atoms with van der Waals surface area (Å²) < 4.78 is 28.8. The number of hydrogen-bond acceptors (Lipinski definition) is 16. The van der Waals surface area contributed by atoms with Gasteiger partial charge in [0.1, 0.15) is 42.5 Å². The molecule has 131 heavy (non-hydrogen) atoms. The normalized spacial score (nSPS) is 18.2. The number of amides is 7. The summed E-state index contributed by atoms with van der Waals surface area (Å²) in [5.41, 5.74) is 8.09. The fourth-order valence-corrected chi connectivity index (χ4v) is 18.5. The molecule has 3 heterocycles. The van der Waals surface area contributed by atoms with Gasteiger partial charge >= 0.3 is 24.0 Å². The Morgan fingerprint density at radius 1 is 0.458 bits per heavy atom. The molecule has 2 aromatic rings. The van der Waals surface area contributed by atoms with E-state index in [2.05, 4.69) is 143 Å². The molecule has 0 spiro atoms. The van der Waals surface area contributed by atoms with E-state index in [0.29, 0.717) is 74.5 Å². The molecule has 9 N–H and O–H groups in total. The van der Waals surface area contributed by atoms with Gasteiger partial charge in [-0.05, 0) is 174 Å². The molecule has 0 aromatic heterocycles. The highest BCUT2D eigenvalue weighted by atomic mass is 28.4. The van der Waals surface area contributed by atoms with Crippen LogP contribution in [0.25, 0.3) is 0 Å². The Kier molecular flexibility index (Phi) is 49.3. The SMILES string of the molecule is C/C=C\C[C@@H](C/C=C\NC(=O)[C@@H](NC(=O)C#C/C=C\C(C)=C\[C@H](C)[C@@H]1CC=C(C)C(=O)O1)C(C)(C)C)OC(N)=O.C/C=C\C[C@@H](C/C=C\NC(=O)[C@@H](NC(=O)C#C/C=C\C(C)=C\[C@H](C)[C@@H]1CC=C(C)C(=O)O1)C(C)(C)C)O[Si](c1ccccc1)(c1ccccc1)C(C)(C)C.C/C=C\C[C@H](O)C/C=C\NC(=O)[C@@H](NC(=O)C#C/C=C\C(C)=C\[C@H](C)[C@@H]1CC=C(C)C(=O)O1)C(C)(C)C. The number of esters is 3. The van der Waals surface area contributed by atoms with Gasteiger partial charge in [-0.2, -0.15) is 0 Å². The molecular formula is C107H145N7O16Si. The lowest BCUT2D eigenvalue weighted by Gasteiger charge is -2.45. The van der Waals surface area contributed by atoms with Crippen LogP contribution in [0.4, 0.5) is 4.79 Å². The van der Waals surface area contributed by atoms with Crippen LogP contribution in [0.15, 0.2) is 240 Å². The number of nitrogens with one attached hydrogen (secondary N) is 6. The van der Waals surface area contributed by atoms with Crippen molar-refractivity contribution >= 4 is 78.1 Å². The van der Waals surface area contributed by atoms with Gasteiger partial charge < -0.3 is 66.1 Å². The van der Waals surface area contributed by atoms with Gasteiger partial charge in [-0.25, -0.2) is 19.2 Å². The minimum absolute atomic E-state index is 0.0176. The maximum atomic E-state index is 13.4. The summed E-state index contributed by atoms with van der Waals surface area (Å²) in [6, 6.07) is 18.7. The second-order valence-electron chi connectivity index (χ2n) is 37.1. The Labute approximate surface area is 781 Å². The molecule has 7 amide bonds. The summed E-state index contributed by atoms with van der Waals surface area (Å²) in [6.45, 7) is 46.2. The number of cyclic esters (lactones) is 3. The number of nitrogens with two attached hydrogens (primary N) is 1. The van der Waals surface area contributed by atoms with Crippen molar-refractivity contribution in [2.75, 3.05) is 0 Å². The highest BCUT2D eigenvalue weighted by molar-refractivity contribution is 6.99. The van der Waals surface area contributed by atoms with Crippen molar-refractivity contribution in [3.63, 3.8) is 0 Å². The molecule has 2 aromatic carbocycles. The zero-order valence-electron chi connectivity index (χ0n) is 81.6. The molecule has 0 bridgehead atoms. The highest BCUT2D eigenvalue weighted by Gasteiger charge is 2.51. The van der Waals surface area contributed by atoms with Crippen LogP contribution in [0.1, 0.15) is 224 Å².